The molecule has 0 aliphatic heterocycles. The third-order valence-corrected chi connectivity index (χ3v) is 3.20. The highest BCUT2D eigenvalue weighted by Crippen LogP contribution is 2.07. The lowest BCUT2D eigenvalue weighted by Gasteiger charge is -2.03. The van der Waals surface area contributed by atoms with Crippen LogP contribution in [-0.2, 0) is 13.6 Å². The van der Waals surface area contributed by atoms with Crippen molar-refractivity contribution >= 4 is 17.1 Å². The summed E-state index contributed by atoms with van der Waals surface area (Å²) in [5.41, 5.74) is -0.326. The molecule has 0 spiro atoms. The first kappa shape index (κ1) is 13.2. The Hall–Kier alpha value is -2.84. The summed E-state index contributed by atoms with van der Waals surface area (Å²) in [5.74, 6) is 0.474. The van der Waals surface area contributed by atoms with E-state index in [4.69, 9.17) is 0 Å². The van der Waals surface area contributed by atoms with Crippen molar-refractivity contribution in [3.63, 3.8) is 0 Å². The van der Waals surface area contributed by atoms with E-state index in [1.807, 2.05) is 10.8 Å². The highest BCUT2D eigenvalue weighted by molar-refractivity contribution is 5.72. The topological polar surface area (TPSA) is 113 Å². The molecule has 0 amide bonds. The monoisotopic (exact) mass is 289 g/mol. The molecule has 0 aromatic carbocycles. The molecule has 0 fully saturated rings. The lowest BCUT2D eigenvalue weighted by atomic mass is 10.4. The predicted octanol–water partition coefficient (Wildman–Crippen LogP) is -0.351. The second kappa shape index (κ2) is 5.27. The normalized spacial score (nSPS) is 11.1. The Labute approximate surface area is 118 Å². The van der Waals surface area contributed by atoms with Crippen molar-refractivity contribution in [3.8, 4) is 0 Å². The molecule has 3 aromatic rings. The summed E-state index contributed by atoms with van der Waals surface area (Å²) in [4.78, 5) is 36.5. The van der Waals surface area contributed by atoms with Crippen molar-refractivity contribution in [1.29, 1.82) is 0 Å². The van der Waals surface area contributed by atoms with Crippen LogP contribution < -0.4 is 16.6 Å². The number of hydrogen-bond acceptors (Lipinski definition) is 5. The van der Waals surface area contributed by atoms with Crippen molar-refractivity contribution in [1.82, 2.24) is 29.1 Å². The fraction of sp³-hybridized carbons (Fsp3) is 0.333. The number of imidazole rings is 2. The minimum Gasteiger partial charge on any atom is -0.356 e. The van der Waals surface area contributed by atoms with Gasteiger partial charge in [-0.2, -0.15) is 4.98 Å². The van der Waals surface area contributed by atoms with Crippen molar-refractivity contribution in [2.75, 3.05) is 11.9 Å². The maximum absolute atomic E-state index is 11.7. The molecule has 0 aliphatic carbocycles. The van der Waals surface area contributed by atoms with Crippen LogP contribution in [0.3, 0.4) is 0 Å². The number of H-pyrrole nitrogens is 2. The van der Waals surface area contributed by atoms with E-state index >= 15 is 0 Å². The smallest absolute Gasteiger partial charge is 0.329 e. The van der Waals surface area contributed by atoms with Crippen molar-refractivity contribution in [2.24, 2.45) is 7.05 Å². The fourth-order valence-electron chi connectivity index (χ4n) is 2.08. The van der Waals surface area contributed by atoms with Gasteiger partial charge in [0.05, 0.1) is 6.33 Å². The lowest BCUT2D eigenvalue weighted by Crippen LogP contribution is -2.28. The first-order valence-electron chi connectivity index (χ1n) is 6.54. The molecular formula is C12H15N7O2. The summed E-state index contributed by atoms with van der Waals surface area (Å²) in [6.45, 7) is 1.52. The van der Waals surface area contributed by atoms with Gasteiger partial charge < -0.3 is 14.9 Å². The molecule has 3 N–H and O–H groups in total. The zero-order chi connectivity index (χ0) is 14.8. The summed E-state index contributed by atoms with van der Waals surface area (Å²) in [5, 5.41) is 3.10. The number of rotatable bonds is 5. The van der Waals surface area contributed by atoms with Gasteiger partial charge in [0.15, 0.2) is 11.2 Å². The van der Waals surface area contributed by atoms with Gasteiger partial charge in [0.25, 0.3) is 5.56 Å². The van der Waals surface area contributed by atoms with E-state index in [1.54, 1.807) is 19.6 Å². The van der Waals surface area contributed by atoms with Crippen molar-refractivity contribution in [2.45, 2.75) is 13.0 Å². The van der Waals surface area contributed by atoms with Crippen LogP contribution in [-0.4, -0.2) is 35.6 Å². The molecule has 0 saturated carbocycles. The van der Waals surface area contributed by atoms with Crippen LogP contribution in [0.25, 0.3) is 11.2 Å². The Morgan fingerprint density at radius 3 is 2.95 bits per heavy atom. The van der Waals surface area contributed by atoms with Gasteiger partial charge >= 0.3 is 5.69 Å². The van der Waals surface area contributed by atoms with E-state index in [1.165, 1.54) is 4.57 Å². The number of aromatic amines is 2. The highest BCUT2D eigenvalue weighted by Gasteiger charge is 2.10. The Morgan fingerprint density at radius 2 is 2.19 bits per heavy atom. The second-order valence-electron chi connectivity index (χ2n) is 4.68. The van der Waals surface area contributed by atoms with Crippen LogP contribution in [0.15, 0.2) is 28.3 Å². The lowest BCUT2D eigenvalue weighted by molar-refractivity contribution is 0.659. The SMILES string of the molecule is Cn1c(=O)[nH]c(=O)c2[nH]c(NCCCn3ccnc3)nc21. The molecule has 3 aromatic heterocycles. The molecule has 110 valence electrons. The summed E-state index contributed by atoms with van der Waals surface area (Å²) < 4.78 is 3.28. The van der Waals surface area contributed by atoms with Crippen LogP contribution in [0, 0.1) is 0 Å². The molecule has 0 bridgehead atoms. The Bertz CT molecular complexity index is 856. The molecule has 0 atom stereocenters. The van der Waals surface area contributed by atoms with Crippen LogP contribution in [0.4, 0.5) is 5.95 Å². The second-order valence-corrected chi connectivity index (χ2v) is 4.68. The van der Waals surface area contributed by atoms with Crippen LogP contribution >= 0.6 is 0 Å². The van der Waals surface area contributed by atoms with E-state index in [-0.39, 0.29) is 5.52 Å². The minimum atomic E-state index is -0.481. The fourth-order valence-corrected chi connectivity index (χ4v) is 2.08. The predicted molar refractivity (Wildman–Crippen MR) is 77.3 cm³/mol. The number of anilines is 1. The molecule has 21 heavy (non-hydrogen) atoms. The van der Waals surface area contributed by atoms with E-state index in [0.29, 0.717) is 18.1 Å². The van der Waals surface area contributed by atoms with E-state index in [9.17, 15) is 9.59 Å². The number of nitrogens with zero attached hydrogens (tertiary/aromatic N) is 4. The number of nitrogens with one attached hydrogen (secondary N) is 3. The Morgan fingerprint density at radius 1 is 1.33 bits per heavy atom. The minimum absolute atomic E-state index is 0.286. The maximum atomic E-state index is 11.7. The zero-order valence-electron chi connectivity index (χ0n) is 11.5. The molecule has 9 nitrogen and oxygen atoms in total. The number of aryl methyl sites for hydroxylation is 2. The standard InChI is InChI=1S/C12H15N7O2/c1-18-9-8(10(20)17-12(18)21)15-11(16-9)14-3-2-5-19-6-4-13-7-19/h4,6-7H,2-3,5H2,1H3,(H2,14,15,16)(H,17,20,21). The first-order chi connectivity index (χ1) is 10.1. The van der Waals surface area contributed by atoms with Gasteiger partial charge in [-0.05, 0) is 6.42 Å². The molecule has 3 heterocycles. The van der Waals surface area contributed by atoms with Crippen LogP contribution in [0.2, 0.25) is 0 Å². The van der Waals surface area contributed by atoms with Gasteiger partial charge in [-0.15, -0.1) is 0 Å². The number of fused-ring (bicyclic) bond motifs is 1. The number of hydrogen-bond donors (Lipinski definition) is 3. The van der Waals surface area contributed by atoms with Gasteiger partial charge in [0.1, 0.15) is 0 Å². The average Bonchev–Trinajstić information content (AvgIpc) is 3.11. The molecular weight excluding hydrogens is 274 g/mol. The Balaban J connectivity index is 1.70. The summed E-state index contributed by atoms with van der Waals surface area (Å²) in [6, 6.07) is 0. The average molecular weight is 289 g/mol. The molecule has 0 unspecified atom stereocenters. The van der Waals surface area contributed by atoms with Crippen molar-refractivity contribution in [3.05, 3.63) is 39.6 Å². The van der Waals surface area contributed by atoms with Gasteiger partial charge in [-0.3, -0.25) is 14.3 Å². The van der Waals surface area contributed by atoms with Crippen LogP contribution in [0.1, 0.15) is 6.42 Å². The largest absolute Gasteiger partial charge is 0.356 e. The summed E-state index contributed by atoms with van der Waals surface area (Å²) in [7, 11) is 1.56. The van der Waals surface area contributed by atoms with Gasteiger partial charge in [0.2, 0.25) is 5.95 Å². The third kappa shape index (κ3) is 2.57. The first-order valence-corrected chi connectivity index (χ1v) is 6.54. The molecule has 0 saturated heterocycles. The van der Waals surface area contributed by atoms with Gasteiger partial charge in [-0.25, -0.2) is 9.78 Å². The van der Waals surface area contributed by atoms with E-state index < -0.39 is 11.2 Å². The third-order valence-electron chi connectivity index (χ3n) is 3.20. The van der Waals surface area contributed by atoms with E-state index in [2.05, 4.69) is 25.3 Å². The van der Waals surface area contributed by atoms with Gasteiger partial charge in [-0.1, -0.05) is 0 Å². The van der Waals surface area contributed by atoms with Gasteiger partial charge in [0, 0.05) is 32.5 Å². The van der Waals surface area contributed by atoms with Crippen LogP contribution in [0.5, 0.6) is 0 Å². The zero-order valence-corrected chi connectivity index (χ0v) is 11.5. The summed E-state index contributed by atoms with van der Waals surface area (Å²) in [6.07, 6.45) is 6.27. The summed E-state index contributed by atoms with van der Waals surface area (Å²) >= 11 is 0. The Kier molecular flexibility index (Phi) is 3.30. The van der Waals surface area contributed by atoms with Crippen molar-refractivity contribution < 1.29 is 0 Å². The van der Waals surface area contributed by atoms with E-state index in [0.717, 1.165) is 13.0 Å². The number of aromatic nitrogens is 6. The highest BCUT2D eigenvalue weighted by atomic mass is 16.2. The maximum Gasteiger partial charge on any atom is 0.329 e. The molecule has 0 aliphatic rings. The molecule has 0 radical (unpaired) electrons. The molecule has 9 heteroatoms. The molecule has 3 rings (SSSR count). The quantitative estimate of drug-likeness (QED) is 0.555.